The number of carbonyl (C=O) groups is 1. The molecule has 1 fully saturated rings. The van der Waals surface area contributed by atoms with Crippen molar-refractivity contribution in [2.24, 2.45) is 0 Å². The highest BCUT2D eigenvalue weighted by Gasteiger charge is 2.21. The third kappa shape index (κ3) is 3.14. The molecule has 3 N–H and O–H groups in total. The van der Waals surface area contributed by atoms with Gasteiger partial charge in [0, 0.05) is 12.8 Å². The average molecular weight is 231 g/mol. The highest BCUT2D eigenvalue weighted by Crippen LogP contribution is 2.06. The molecule has 0 bridgehead atoms. The number of benzene rings is 1. The molecule has 1 heterocycles. The molecule has 1 aromatic rings. The van der Waals surface area contributed by atoms with Crippen molar-refractivity contribution in [3.05, 3.63) is 35.4 Å². The summed E-state index contributed by atoms with van der Waals surface area (Å²) in [5, 5.41) is 13.2. The van der Waals surface area contributed by atoms with E-state index in [9.17, 15) is 4.79 Å². The Morgan fingerprint density at radius 2 is 2.24 bits per heavy atom. The van der Waals surface area contributed by atoms with Crippen molar-refractivity contribution in [2.75, 3.05) is 6.54 Å². The first-order valence-electron chi connectivity index (χ1n) is 5.90. The Balaban J connectivity index is 1.84. The van der Waals surface area contributed by atoms with Gasteiger partial charge in [0.15, 0.2) is 0 Å². The fourth-order valence-corrected chi connectivity index (χ4v) is 1.95. The van der Waals surface area contributed by atoms with Crippen molar-refractivity contribution >= 4 is 12.1 Å². The summed E-state index contributed by atoms with van der Waals surface area (Å²) in [6.07, 6.45) is 3.31. The van der Waals surface area contributed by atoms with Gasteiger partial charge in [0.25, 0.3) is 0 Å². The Morgan fingerprint density at radius 3 is 2.82 bits per heavy atom. The van der Waals surface area contributed by atoms with Gasteiger partial charge in [-0.25, -0.2) is 0 Å². The largest absolute Gasteiger partial charge is 0.351 e. The van der Waals surface area contributed by atoms with Gasteiger partial charge in [-0.1, -0.05) is 24.3 Å². The molecule has 1 amide bonds. The second-order valence-corrected chi connectivity index (χ2v) is 4.25. The summed E-state index contributed by atoms with van der Waals surface area (Å²) in [7, 11) is 0. The molecular weight excluding hydrogens is 214 g/mol. The van der Waals surface area contributed by atoms with Crippen LogP contribution >= 0.6 is 0 Å². The van der Waals surface area contributed by atoms with Crippen LogP contribution in [0.5, 0.6) is 0 Å². The van der Waals surface area contributed by atoms with Crippen LogP contribution in [0.1, 0.15) is 24.0 Å². The van der Waals surface area contributed by atoms with Gasteiger partial charge in [-0.3, -0.25) is 4.79 Å². The van der Waals surface area contributed by atoms with Crippen molar-refractivity contribution < 1.29 is 4.79 Å². The van der Waals surface area contributed by atoms with Crippen molar-refractivity contribution in [3.8, 4) is 0 Å². The fourth-order valence-electron chi connectivity index (χ4n) is 1.95. The van der Waals surface area contributed by atoms with E-state index >= 15 is 0 Å². The summed E-state index contributed by atoms with van der Waals surface area (Å²) in [6.45, 7) is 1.49. The maximum atomic E-state index is 11.7. The molecule has 1 atom stereocenters. The maximum absolute atomic E-state index is 11.7. The minimum atomic E-state index is -0.0177. The first-order valence-corrected chi connectivity index (χ1v) is 5.90. The molecule has 1 aliphatic rings. The van der Waals surface area contributed by atoms with E-state index in [-0.39, 0.29) is 11.9 Å². The number of amides is 1. The summed E-state index contributed by atoms with van der Waals surface area (Å²) in [5.74, 6) is 0.0821. The Labute approximate surface area is 101 Å². The lowest BCUT2D eigenvalue weighted by molar-refractivity contribution is -0.122. The first kappa shape index (κ1) is 11.8. The first-order chi connectivity index (χ1) is 8.29. The number of nitrogens with one attached hydrogen (secondary N) is 3. The van der Waals surface area contributed by atoms with E-state index in [0.29, 0.717) is 6.54 Å². The quantitative estimate of drug-likeness (QED) is 0.678. The Kier molecular flexibility index (Phi) is 3.88. The fraction of sp³-hybridized carbons (Fsp3) is 0.385. The van der Waals surface area contributed by atoms with Crippen LogP contribution in [-0.2, 0) is 11.3 Å². The average Bonchev–Trinajstić information content (AvgIpc) is 2.90. The van der Waals surface area contributed by atoms with Crippen LogP contribution in [0.4, 0.5) is 0 Å². The molecule has 0 aliphatic carbocycles. The van der Waals surface area contributed by atoms with Crippen LogP contribution in [0.3, 0.4) is 0 Å². The van der Waals surface area contributed by atoms with Crippen molar-refractivity contribution in [1.82, 2.24) is 10.6 Å². The molecule has 2 rings (SSSR count). The summed E-state index contributed by atoms with van der Waals surface area (Å²) in [4.78, 5) is 11.7. The standard InChI is InChI=1S/C13H17N3O/c14-8-10-3-5-11(6-4-10)9-16-13(17)12-2-1-7-15-12/h3-6,8,12,14-15H,1-2,7,9H2,(H,16,17). The van der Waals surface area contributed by atoms with E-state index in [1.54, 1.807) is 0 Å². The van der Waals surface area contributed by atoms with Crippen LogP contribution in [0.2, 0.25) is 0 Å². The normalized spacial score (nSPS) is 18.9. The van der Waals surface area contributed by atoms with Crippen molar-refractivity contribution in [3.63, 3.8) is 0 Å². The van der Waals surface area contributed by atoms with Gasteiger partial charge in [0.2, 0.25) is 5.91 Å². The Hall–Kier alpha value is -1.68. The number of carbonyl (C=O) groups excluding carboxylic acids is 1. The smallest absolute Gasteiger partial charge is 0.237 e. The molecule has 0 spiro atoms. The van der Waals surface area contributed by atoms with Crippen molar-refractivity contribution in [1.29, 1.82) is 5.41 Å². The maximum Gasteiger partial charge on any atom is 0.237 e. The minimum absolute atomic E-state index is 0.0177. The number of rotatable bonds is 4. The predicted molar refractivity (Wildman–Crippen MR) is 67.2 cm³/mol. The molecule has 1 aliphatic heterocycles. The molecule has 4 heteroatoms. The zero-order chi connectivity index (χ0) is 12.1. The van der Waals surface area contributed by atoms with E-state index in [4.69, 9.17) is 5.41 Å². The van der Waals surface area contributed by atoms with Crippen molar-refractivity contribution in [2.45, 2.75) is 25.4 Å². The third-order valence-corrected chi connectivity index (χ3v) is 2.99. The van der Waals surface area contributed by atoms with Gasteiger partial charge in [-0.2, -0.15) is 0 Å². The van der Waals surface area contributed by atoms with E-state index in [2.05, 4.69) is 10.6 Å². The Bertz CT molecular complexity index is 394. The number of hydrogen-bond acceptors (Lipinski definition) is 3. The van der Waals surface area contributed by atoms with Gasteiger partial charge < -0.3 is 16.0 Å². The molecule has 1 aromatic carbocycles. The van der Waals surface area contributed by atoms with E-state index in [0.717, 1.165) is 30.5 Å². The lowest BCUT2D eigenvalue weighted by Gasteiger charge is -2.11. The molecule has 1 saturated heterocycles. The van der Waals surface area contributed by atoms with Gasteiger partial charge in [-0.05, 0) is 30.5 Å². The highest BCUT2D eigenvalue weighted by atomic mass is 16.2. The topological polar surface area (TPSA) is 65.0 Å². The zero-order valence-electron chi connectivity index (χ0n) is 9.70. The van der Waals surface area contributed by atoms with Crippen LogP contribution in [0.15, 0.2) is 24.3 Å². The minimum Gasteiger partial charge on any atom is -0.351 e. The molecule has 0 aromatic heterocycles. The van der Waals surface area contributed by atoms with E-state index < -0.39 is 0 Å². The molecule has 17 heavy (non-hydrogen) atoms. The lowest BCUT2D eigenvalue weighted by atomic mass is 10.1. The van der Waals surface area contributed by atoms with Crippen LogP contribution in [0.25, 0.3) is 0 Å². The highest BCUT2D eigenvalue weighted by molar-refractivity contribution is 5.82. The summed E-state index contributed by atoms with van der Waals surface area (Å²) in [5.41, 5.74) is 1.93. The van der Waals surface area contributed by atoms with Gasteiger partial charge in [0.1, 0.15) is 0 Å². The number of hydrogen-bond donors (Lipinski definition) is 3. The molecule has 0 saturated carbocycles. The Morgan fingerprint density at radius 1 is 1.47 bits per heavy atom. The molecule has 90 valence electrons. The summed E-state index contributed by atoms with van der Waals surface area (Å²) < 4.78 is 0. The molecular formula is C13H17N3O. The van der Waals surface area contributed by atoms with E-state index in [1.165, 1.54) is 6.21 Å². The third-order valence-electron chi connectivity index (χ3n) is 2.99. The lowest BCUT2D eigenvalue weighted by Crippen LogP contribution is -2.39. The van der Waals surface area contributed by atoms with Gasteiger partial charge >= 0.3 is 0 Å². The zero-order valence-corrected chi connectivity index (χ0v) is 9.70. The molecule has 1 unspecified atom stereocenters. The van der Waals surface area contributed by atoms with Crippen LogP contribution in [-0.4, -0.2) is 24.7 Å². The van der Waals surface area contributed by atoms with Gasteiger partial charge in [-0.15, -0.1) is 0 Å². The van der Waals surface area contributed by atoms with Crippen LogP contribution < -0.4 is 10.6 Å². The molecule has 0 radical (unpaired) electrons. The molecule has 4 nitrogen and oxygen atoms in total. The second kappa shape index (κ2) is 5.59. The van der Waals surface area contributed by atoms with E-state index in [1.807, 2.05) is 24.3 Å². The monoisotopic (exact) mass is 231 g/mol. The predicted octanol–water partition coefficient (Wildman–Crippen LogP) is 1.05. The van der Waals surface area contributed by atoms with Gasteiger partial charge in [0.05, 0.1) is 6.04 Å². The summed E-state index contributed by atoms with van der Waals surface area (Å²) in [6, 6.07) is 7.60. The van der Waals surface area contributed by atoms with Crippen LogP contribution in [0, 0.1) is 5.41 Å². The SMILES string of the molecule is N=Cc1ccc(CNC(=O)C2CCCN2)cc1. The summed E-state index contributed by atoms with van der Waals surface area (Å²) >= 11 is 0. The second-order valence-electron chi connectivity index (χ2n) is 4.25.